The summed E-state index contributed by atoms with van der Waals surface area (Å²) >= 11 is 0. The number of rotatable bonds is 6. The average Bonchev–Trinajstić information content (AvgIpc) is 3.04. The van der Waals surface area contributed by atoms with E-state index in [9.17, 15) is 4.39 Å². The van der Waals surface area contributed by atoms with Crippen LogP contribution in [0.3, 0.4) is 0 Å². The maximum atomic E-state index is 13.4. The summed E-state index contributed by atoms with van der Waals surface area (Å²) in [5.41, 5.74) is 4.53. The van der Waals surface area contributed by atoms with Crippen molar-refractivity contribution in [2.75, 3.05) is 20.1 Å². The van der Waals surface area contributed by atoms with Crippen molar-refractivity contribution in [1.29, 1.82) is 0 Å². The van der Waals surface area contributed by atoms with Gasteiger partial charge in [0.15, 0.2) is 5.96 Å². The highest BCUT2D eigenvalue weighted by molar-refractivity contribution is 5.83. The van der Waals surface area contributed by atoms with Crippen LogP contribution in [0.15, 0.2) is 47.8 Å². The fourth-order valence-electron chi connectivity index (χ4n) is 2.99. The molecule has 0 spiro atoms. The van der Waals surface area contributed by atoms with E-state index in [1.165, 1.54) is 17.2 Å². The molecule has 0 bridgehead atoms. The summed E-state index contributed by atoms with van der Waals surface area (Å²) in [7, 11) is 1.76. The van der Waals surface area contributed by atoms with Crippen LogP contribution in [0.25, 0.3) is 10.9 Å². The smallest absolute Gasteiger partial charge is 0.190 e. The molecule has 0 atom stereocenters. The average molecular weight is 353 g/mol. The number of aromatic nitrogens is 2. The molecule has 0 unspecified atom stereocenters. The number of guanidine groups is 1. The van der Waals surface area contributed by atoms with Gasteiger partial charge in [-0.1, -0.05) is 0 Å². The molecule has 0 radical (unpaired) electrons. The zero-order chi connectivity index (χ0) is 18.4. The number of fused-ring (bicyclic) bond motifs is 1. The Balaban J connectivity index is 1.48. The van der Waals surface area contributed by atoms with Gasteiger partial charge in [0, 0.05) is 49.6 Å². The minimum Gasteiger partial charge on any atom is -0.361 e. The van der Waals surface area contributed by atoms with Crippen LogP contribution in [-0.2, 0) is 12.8 Å². The molecule has 0 saturated carbocycles. The normalized spacial score (nSPS) is 11.7. The largest absolute Gasteiger partial charge is 0.361 e. The third-order valence-electron chi connectivity index (χ3n) is 4.46. The van der Waals surface area contributed by atoms with E-state index in [-0.39, 0.29) is 5.82 Å². The third kappa shape index (κ3) is 4.39. The van der Waals surface area contributed by atoms with Gasteiger partial charge in [-0.25, -0.2) is 4.39 Å². The number of H-pyrrole nitrogens is 1. The quantitative estimate of drug-likeness (QED) is 0.471. The van der Waals surface area contributed by atoms with Crippen molar-refractivity contribution in [1.82, 2.24) is 20.6 Å². The molecule has 0 amide bonds. The SMILES string of the molecule is CN=C(NCCc1ccncc1C)NCCc1c[nH]c2ccc(F)cc12. The maximum Gasteiger partial charge on any atom is 0.190 e. The van der Waals surface area contributed by atoms with Gasteiger partial charge in [0.1, 0.15) is 5.82 Å². The monoisotopic (exact) mass is 353 g/mol. The van der Waals surface area contributed by atoms with Gasteiger partial charge in [0.25, 0.3) is 0 Å². The Hall–Kier alpha value is -2.89. The summed E-state index contributed by atoms with van der Waals surface area (Å²) in [5, 5.41) is 7.56. The predicted molar refractivity (Wildman–Crippen MR) is 104 cm³/mol. The van der Waals surface area contributed by atoms with Gasteiger partial charge in [-0.05, 0) is 60.7 Å². The standard InChI is InChI=1S/C20H24FN5/c1-14-12-23-8-5-15(14)6-9-24-20(22-2)25-10-7-16-13-26-19-4-3-17(21)11-18(16)19/h3-5,8,11-13,26H,6-7,9-10H2,1-2H3,(H2,22,24,25). The zero-order valence-electron chi connectivity index (χ0n) is 15.1. The van der Waals surface area contributed by atoms with Crippen LogP contribution in [0.2, 0.25) is 0 Å². The fraction of sp³-hybridized carbons (Fsp3) is 0.300. The van der Waals surface area contributed by atoms with Crippen molar-refractivity contribution in [3.05, 3.63) is 65.4 Å². The molecule has 3 rings (SSSR count). The highest BCUT2D eigenvalue weighted by Gasteiger charge is 2.05. The molecule has 3 aromatic rings. The summed E-state index contributed by atoms with van der Waals surface area (Å²) in [6.07, 6.45) is 7.34. The summed E-state index contributed by atoms with van der Waals surface area (Å²) in [4.78, 5) is 11.5. The van der Waals surface area contributed by atoms with Crippen molar-refractivity contribution in [2.24, 2.45) is 4.99 Å². The van der Waals surface area contributed by atoms with E-state index in [0.717, 1.165) is 48.4 Å². The van der Waals surface area contributed by atoms with E-state index in [1.807, 2.05) is 24.7 Å². The maximum absolute atomic E-state index is 13.4. The molecule has 3 N–H and O–H groups in total. The second kappa shape index (κ2) is 8.47. The molecule has 6 heteroatoms. The molecule has 2 heterocycles. The molecular formula is C20H24FN5. The van der Waals surface area contributed by atoms with E-state index in [4.69, 9.17) is 0 Å². The zero-order valence-corrected chi connectivity index (χ0v) is 15.1. The summed E-state index contributed by atoms with van der Waals surface area (Å²) in [6.45, 7) is 3.58. The summed E-state index contributed by atoms with van der Waals surface area (Å²) in [6, 6.07) is 6.86. The van der Waals surface area contributed by atoms with Crippen molar-refractivity contribution in [2.45, 2.75) is 19.8 Å². The Morgan fingerprint density at radius 1 is 1.15 bits per heavy atom. The van der Waals surface area contributed by atoms with Crippen molar-refractivity contribution >= 4 is 16.9 Å². The van der Waals surface area contributed by atoms with Gasteiger partial charge in [-0.3, -0.25) is 9.98 Å². The van der Waals surface area contributed by atoms with Crippen LogP contribution in [0.4, 0.5) is 4.39 Å². The third-order valence-corrected chi connectivity index (χ3v) is 4.46. The first kappa shape index (κ1) is 17.9. The number of nitrogens with one attached hydrogen (secondary N) is 3. The molecule has 0 saturated heterocycles. The first-order valence-corrected chi connectivity index (χ1v) is 8.77. The summed E-state index contributed by atoms with van der Waals surface area (Å²) < 4.78 is 13.4. The number of benzene rings is 1. The molecule has 0 aliphatic rings. The van der Waals surface area contributed by atoms with Gasteiger partial charge < -0.3 is 15.6 Å². The first-order chi connectivity index (χ1) is 12.7. The molecular weight excluding hydrogens is 329 g/mol. The fourth-order valence-corrected chi connectivity index (χ4v) is 2.99. The lowest BCUT2D eigenvalue weighted by molar-refractivity contribution is 0.629. The number of aromatic amines is 1. The molecule has 0 aliphatic carbocycles. The molecule has 0 aliphatic heterocycles. The Bertz CT molecular complexity index is 900. The van der Waals surface area contributed by atoms with Crippen LogP contribution < -0.4 is 10.6 Å². The Morgan fingerprint density at radius 3 is 2.65 bits per heavy atom. The Kier molecular flexibility index (Phi) is 5.84. The lowest BCUT2D eigenvalue weighted by Gasteiger charge is -2.12. The van der Waals surface area contributed by atoms with Crippen molar-refractivity contribution in [3.63, 3.8) is 0 Å². The van der Waals surface area contributed by atoms with Gasteiger partial charge >= 0.3 is 0 Å². The van der Waals surface area contributed by atoms with E-state index < -0.39 is 0 Å². The van der Waals surface area contributed by atoms with Crippen LogP contribution in [0, 0.1) is 12.7 Å². The number of pyridine rings is 1. The van der Waals surface area contributed by atoms with Crippen LogP contribution in [0.1, 0.15) is 16.7 Å². The van der Waals surface area contributed by atoms with E-state index >= 15 is 0 Å². The molecule has 136 valence electrons. The number of hydrogen-bond acceptors (Lipinski definition) is 2. The number of halogens is 1. The minimum absolute atomic E-state index is 0.213. The van der Waals surface area contributed by atoms with Crippen LogP contribution in [-0.4, -0.2) is 36.1 Å². The van der Waals surface area contributed by atoms with Crippen molar-refractivity contribution < 1.29 is 4.39 Å². The molecule has 26 heavy (non-hydrogen) atoms. The van der Waals surface area contributed by atoms with Crippen LogP contribution in [0.5, 0.6) is 0 Å². The molecule has 1 aromatic carbocycles. The van der Waals surface area contributed by atoms with Gasteiger partial charge in [-0.15, -0.1) is 0 Å². The van der Waals surface area contributed by atoms with E-state index in [1.54, 1.807) is 19.2 Å². The summed E-state index contributed by atoms with van der Waals surface area (Å²) in [5.74, 6) is 0.554. The lowest BCUT2D eigenvalue weighted by atomic mass is 10.1. The first-order valence-electron chi connectivity index (χ1n) is 8.77. The van der Waals surface area contributed by atoms with E-state index in [2.05, 4.69) is 32.5 Å². The van der Waals surface area contributed by atoms with E-state index in [0.29, 0.717) is 0 Å². The van der Waals surface area contributed by atoms with Gasteiger partial charge in [-0.2, -0.15) is 0 Å². The van der Waals surface area contributed by atoms with Crippen molar-refractivity contribution in [3.8, 4) is 0 Å². The Morgan fingerprint density at radius 2 is 1.92 bits per heavy atom. The molecule has 5 nitrogen and oxygen atoms in total. The topological polar surface area (TPSA) is 65.1 Å². The van der Waals surface area contributed by atoms with Gasteiger partial charge in [0.2, 0.25) is 0 Å². The highest BCUT2D eigenvalue weighted by Crippen LogP contribution is 2.19. The number of aliphatic imine (C=N–C) groups is 1. The Labute approximate surface area is 152 Å². The van der Waals surface area contributed by atoms with Gasteiger partial charge in [0.05, 0.1) is 0 Å². The minimum atomic E-state index is -0.213. The number of hydrogen-bond donors (Lipinski definition) is 3. The predicted octanol–water partition coefficient (Wildman–Crippen LogP) is 2.96. The second-order valence-corrected chi connectivity index (χ2v) is 6.23. The number of nitrogens with zero attached hydrogens (tertiary/aromatic N) is 2. The lowest BCUT2D eigenvalue weighted by Crippen LogP contribution is -2.39. The number of aryl methyl sites for hydroxylation is 1. The van der Waals surface area contributed by atoms with Crippen LogP contribution >= 0.6 is 0 Å². The molecule has 2 aromatic heterocycles. The second-order valence-electron chi connectivity index (χ2n) is 6.23. The highest BCUT2D eigenvalue weighted by atomic mass is 19.1. The molecule has 0 fully saturated rings.